The van der Waals surface area contributed by atoms with E-state index in [0.29, 0.717) is 12.2 Å². The zero-order valence-electron chi connectivity index (χ0n) is 11.0. The molecule has 18 heavy (non-hydrogen) atoms. The first kappa shape index (κ1) is 15.5. The van der Waals surface area contributed by atoms with Crippen LogP contribution in [0.5, 0.6) is 0 Å². The average Bonchev–Trinajstić information content (AvgIpc) is 2.23. The zero-order chi connectivity index (χ0) is 13.9. The fourth-order valence-electron chi connectivity index (χ4n) is 1.69. The normalized spacial score (nSPS) is 13.4. The largest absolute Gasteiger partial charge is 0.318 e. The second-order valence-corrected chi connectivity index (χ2v) is 7.41. The monoisotopic (exact) mass is 334 g/mol. The Kier molecular flexibility index (Phi) is 5.19. The molecule has 0 spiro atoms. The Bertz CT molecular complexity index is 506. The van der Waals surface area contributed by atoms with Gasteiger partial charge in [-0.3, -0.25) is 4.72 Å². The molecule has 0 amide bonds. The van der Waals surface area contributed by atoms with E-state index in [4.69, 9.17) is 0 Å². The van der Waals surface area contributed by atoms with E-state index in [9.17, 15) is 8.42 Å². The molecule has 4 nitrogen and oxygen atoms in total. The van der Waals surface area contributed by atoms with Crippen molar-refractivity contribution in [1.82, 2.24) is 5.32 Å². The van der Waals surface area contributed by atoms with Crippen LogP contribution in [-0.2, 0) is 10.0 Å². The minimum absolute atomic E-state index is 0.415. The maximum absolute atomic E-state index is 12.1. The Morgan fingerprint density at radius 3 is 2.44 bits per heavy atom. The van der Waals surface area contributed by atoms with Gasteiger partial charge in [-0.05, 0) is 60.9 Å². The molecule has 2 N–H and O–H groups in total. The highest BCUT2D eigenvalue weighted by Crippen LogP contribution is 2.29. The maximum Gasteiger partial charge on any atom is 0.236 e. The van der Waals surface area contributed by atoms with Crippen molar-refractivity contribution in [1.29, 1.82) is 0 Å². The van der Waals surface area contributed by atoms with Gasteiger partial charge in [-0.2, -0.15) is 0 Å². The molecular weight excluding hydrogens is 316 g/mol. The van der Waals surface area contributed by atoms with Gasteiger partial charge in [0.25, 0.3) is 0 Å². The number of aryl methyl sites for hydroxylation is 2. The van der Waals surface area contributed by atoms with Crippen molar-refractivity contribution in [2.75, 3.05) is 18.3 Å². The van der Waals surface area contributed by atoms with Gasteiger partial charge in [0.1, 0.15) is 0 Å². The van der Waals surface area contributed by atoms with Gasteiger partial charge >= 0.3 is 0 Å². The fraction of sp³-hybridized carbons (Fsp3) is 0.500. The molecule has 0 radical (unpaired) electrons. The highest BCUT2D eigenvalue weighted by Gasteiger charge is 2.21. The second-order valence-electron chi connectivity index (χ2n) is 4.45. The van der Waals surface area contributed by atoms with Crippen LogP contribution >= 0.6 is 15.9 Å². The average molecular weight is 335 g/mol. The Morgan fingerprint density at radius 2 is 1.94 bits per heavy atom. The highest BCUT2D eigenvalue weighted by molar-refractivity contribution is 9.10. The molecular formula is C12H19BrN2O2S. The number of benzene rings is 1. The molecule has 0 aliphatic heterocycles. The quantitative estimate of drug-likeness (QED) is 0.869. The molecule has 102 valence electrons. The SMILES string of the molecule is CNCC(C)S(=O)(=O)Nc1c(C)cc(C)cc1Br. The van der Waals surface area contributed by atoms with Crippen molar-refractivity contribution < 1.29 is 8.42 Å². The summed E-state index contributed by atoms with van der Waals surface area (Å²) in [6, 6.07) is 3.85. The molecule has 0 aromatic heterocycles. The summed E-state index contributed by atoms with van der Waals surface area (Å²) < 4.78 is 27.6. The van der Waals surface area contributed by atoms with E-state index in [1.165, 1.54) is 0 Å². The van der Waals surface area contributed by atoms with Gasteiger partial charge < -0.3 is 5.32 Å². The van der Waals surface area contributed by atoms with Gasteiger partial charge in [-0.15, -0.1) is 0 Å². The van der Waals surface area contributed by atoms with Gasteiger partial charge in [-0.1, -0.05) is 6.07 Å². The number of anilines is 1. The Balaban J connectivity index is 3.05. The predicted octanol–water partition coefficient (Wildman–Crippen LogP) is 2.42. The topological polar surface area (TPSA) is 58.2 Å². The smallest absolute Gasteiger partial charge is 0.236 e. The predicted molar refractivity (Wildman–Crippen MR) is 79.5 cm³/mol. The van der Waals surface area contributed by atoms with Crippen LogP contribution in [0.4, 0.5) is 5.69 Å². The lowest BCUT2D eigenvalue weighted by Crippen LogP contribution is -2.33. The van der Waals surface area contributed by atoms with Gasteiger partial charge in [-0.25, -0.2) is 8.42 Å². The van der Waals surface area contributed by atoms with Crippen LogP contribution in [0.25, 0.3) is 0 Å². The molecule has 1 rings (SSSR count). The summed E-state index contributed by atoms with van der Waals surface area (Å²) >= 11 is 3.40. The van der Waals surface area contributed by atoms with E-state index in [1.54, 1.807) is 14.0 Å². The number of sulfonamides is 1. The summed E-state index contributed by atoms with van der Waals surface area (Å²) in [6.07, 6.45) is 0. The number of rotatable bonds is 5. The fourth-order valence-corrected chi connectivity index (χ4v) is 3.73. The van der Waals surface area contributed by atoms with Gasteiger partial charge in [0.15, 0.2) is 0 Å². The number of hydrogen-bond donors (Lipinski definition) is 2. The van der Waals surface area contributed by atoms with Gasteiger partial charge in [0.05, 0.1) is 10.9 Å². The van der Waals surface area contributed by atoms with Gasteiger partial charge in [0, 0.05) is 11.0 Å². The van der Waals surface area contributed by atoms with E-state index in [-0.39, 0.29) is 0 Å². The lowest BCUT2D eigenvalue weighted by Gasteiger charge is -2.17. The van der Waals surface area contributed by atoms with Crippen molar-refractivity contribution in [2.24, 2.45) is 0 Å². The van der Waals surface area contributed by atoms with E-state index in [2.05, 4.69) is 26.0 Å². The molecule has 0 aliphatic rings. The summed E-state index contributed by atoms with van der Waals surface area (Å²) in [6.45, 7) is 5.95. The molecule has 1 aromatic carbocycles. The molecule has 6 heteroatoms. The van der Waals surface area contributed by atoms with Crippen LogP contribution in [0.2, 0.25) is 0 Å². The van der Waals surface area contributed by atoms with Crippen LogP contribution in [0.3, 0.4) is 0 Å². The van der Waals surface area contributed by atoms with E-state index in [1.807, 2.05) is 26.0 Å². The van der Waals surface area contributed by atoms with Crippen LogP contribution < -0.4 is 10.0 Å². The van der Waals surface area contributed by atoms with Crippen molar-refractivity contribution >= 4 is 31.6 Å². The Labute approximate surface area is 117 Å². The van der Waals surface area contributed by atoms with Crippen LogP contribution in [0.15, 0.2) is 16.6 Å². The van der Waals surface area contributed by atoms with Crippen molar-refractivity contribution in [3.8, 4) is 0 Å². The summed E-state index contributed by atoms with van der Waals surface area (Å²) in [7, 11) is -1.64. The minimum Gasteiger partial charge on any atom is -0.318 e. The van der Waals surface area contributed by atoms with Crippen molar-refractivity contribution in [3.63, 3.8) is 0 Å². The zero-order valence-corrected chi connectivity index (χ0v) is 13.4. The first-order chi connectivity index (χ1) is 8.27. The lowest BCUT2D eigenvalue weighted by atomic mass is 10.1. The Hall–Kier alpha value is -0.590. The number of hydrogen-bond acceptors (Lipinski definition) is 3. The molecule has 0 heterocycles. The van der Waals surface area contributed by atoms with Gasteiger partial charge in [0.2, 0.25) is 10.0 Å². The molecule has 0 bridgehead atoms. The minimum atomic E-state index is -3.38. The summed E-state index contributed by atoms with van der Waals surface area (Å²) in [4.78, 5) is 0. The third kappa shape index (κ3) is 3.70. The molecule has 0 saturated carbocycles. The molecule has 1 unspecified atom stereocenters. The van der Waals surface area contributed by atoms with Crippen molar-refractivity contribution in [3.05, 3.63) is 27.7 Å². The van der Waals surface area contributed by atoms with E-state index >= 15 is 0 Å². The number of halogens is 1. The Morgan fingerprint density at radius 1 is 1.33 bits per heavy atom. The molecule has 0 fully saturated rings. The number of nitrogens with one attached hydrogen (secondary N) is 2. The third-order valence-electron chi connectivity index (χ3n) is 2.70. The van der Waals surface area contributed by atoms with Crippen LogP contribution in [0.1, 0.15) is 18.1 Å². The summed E-state index contributed by atoms with van der Waals surface area (Å²) in [5.74, 6) is 0. The molecule has 1 atom stereocenters. The summed E-state index contributed by atoms with van der Waals surface area (Å²) in [5.41, 5.74) is 2.61. The van der Waals surface area contributed by atoms with Crippen LogP contribution in [0, 0.1) is 13.8 Å². The van der Waals surface area contributed by atoms with E-state index < -0.39 is 15.3 Å². The second kappa shape index (κ2) is 6.04. The summed E-state index contributed by atoms with van der Waals surface area (Å²) in [5, 5.41) is 2.38. The molecule has 1 aromatic rings. The standard InChI is InChI=1S/C12H19BrN2O2S/c1-8-5-9(2)12(11(13)6-8)15-18(16,17)10(3)7-14-4/h5-6,10,14-15H,7H2,1-4H3. The molecule has 0 saturated heterocycles. The maximum atomic E-state index is 12.1. The van der Waals surface area contributed by atoms with E-state index in [0.717, 1.165) is 15.6 Å². The third-order valence-corrected chi connectivity index (χ3v) is 5.04. The first-order valence-electron chi connectivity index (χ1n) is 5.71. The highest BCUT2D eigenvalue weighted by atomic mass is 79.9. The van der Waals surface area contributed by atoms with Crippen molar-refractivity contribution in [2.45, 2.75) is 26.0 Å². The lowest BCUT2D eigenvalue weighted by molar-refractivity contribution is 0.583. The molecule has 0 aliphatic carbocycles. The first-order valence-corrected chi connectivity index (χ1v) is 8.05. The van der Waals surface area contributed by atoms with Crippen LogP contribution in [-0.4, -0.2) is 27.3 Å².